The maximum atomic E-state index is 5.40. The minimum absolute atomic E-state index is 0.578. The molecule has 0 spiro atoms. The van der Waals surface area contributed by atoms with Crippen LogP contribution in [0, 0.1) is 6.92 Å². The Balaban J connectivity index is 1.87. The van der Waals surface area contributed by atoms with Gasteiger partial charge < -0.3 is 14.8 Å². The molecule has 2 aromatic carbocycles. The summed E-state index contributed by atoms with van der Waals surface area (Å²) in [5, 5.41) is 3.34. The molecule has 0 fully saturated rings. The topological polar surface area (TPSA) is 56.3 Å². The molecule has 23 heavy (non-hydrogen) atoms. The highest BCUT2D eigenvalue weighted by molar-refractivity contribution is 5.76. The predicted octanol–water partition coefficient (Wildman–Crippen LogP) is 3.57. The summed E-state index contributed by atoms with van der Waals surface area (Å²) in [6.45, 7) is 2.53. The molecule has 0 bridgehead atoms. The molecule has 0 radical (unpaired) electrons. The summed E-state index contributed by atoms with van der Waals surface area (Å²) in [4.78, 5) is 9.23. The SMILES string of the molecule is COc1ccc(OC)c(CNc2nc3ccccc3nc2C)c1. The Morgan fingerprint density at radius 2 is 1.70 bits per heavy atom. The summed E-state index contributed by atoms with van der Waals surface area (Å²) < 4.78 is 10.7. The monoisotopic (exact) mass is 309 g/mol. The summed E-state index contributed by atoms with van der Waals surface area (Å²) in [6.07, 6.45) is 0. The minimum atomic E-state index is 0.578. The lowest BCUT2D eigenvalue weighted by Crippen LogP contribution is -2.06. The fourth-order valence-corrected chi connectivity index (χ4v) is 2.45. The Morgan fingerprint density at radius 3 is 2.39 bits per heavy atom. The van der Waals surface area contributed by atoms with Crippen LogP contribution in [0.25, 0.3) is 11.0 Å². The maximum Gasteiger partial charge on any atom is 0.148 e. The molecule has 1 heterocycles. The number of rotatable bonds is 5. The molecule has 3 rings (SSSR count). The number of ether oxygens (including phenoxy) is 2. The molecule has 5 heteroatoms. The van der Waals surface area contributed by atoms with E-state index in [0.717, 1.165) is 39.6 Å². The van der Waals surface area contributed by atoms with Crippen molar-refractivity contribution in [2.24, 2.45) is 0 Å². The summed E-state index contributed by atoms with van der Waals surface area (Å²) in [5.41, 5.74) is 3.64. The Morgan fingerprint density at radius 1 is 0.957 bits per heavy atom. The van der Waals surface area contributed by atoms with E-state index in [-0.39, 0.29) is 0 Å². The average Bonchev–Trinajstić information content (AvgIpc) is 2.59. The van der Waals surface area contributed by atoms with Crippen LogP contribution in [0.4, 0.5) is 5.82 Å². The molecule has 0 aliphatic rings. The fraction of sp³-hybridized carbons (Fsp3) is 0.222. The normalized spacial score (nSPS) is 10.6. The van der Waals surface area contributed by atoms with Gasteiger partial charge >= 0.3 is 0 Å². The summed E-state index contributed by atoms with van der Waals surface area (Å²) in [6, 6.07) is 13.6. The second kappa shape index (κ2) is 6.52. The molecule has 3 aromatic rings. The predicted molar refractivity (Wildman–Crippen MR) is 91.1 cm³/mol. The standard InChI is InChI=1S/C18H19N3O2/c1-12-18(21-16-7-5-4-6-15(16)20-12)19-11-13-10-14(22-2)8-9-17(13)23-3/h4-10H,11H2,1-3H3,(H,19,21). The maximum absolute atomic E-state index is 5.40. The largest absolute Gasteiger partial charge is 0.497 e. The summed E-state index contributed by atoms with van der Waals surface area (Å²) in [5.74, 6) is 2.38. The Labute approximate surface area is 135 Å². The number of anilines is 1. The van der Waals surface area contributed by atoms with Crippen molar-refractivity contribution in [3.05, 3.63) is 53.7 Å². The third-order valence-corrected chi connectivity index (χ3v) is 3.68. The number of benzene rings is 2. The summed E-state index contributed by atoms with van der Waals surface area (Å²) >= 11 is 0. The van der Waals surface area contributed by atoms with Gasteiger partial charge in [-0.3, -0.25) is 0 Å². The van der Waals surface area contributed by atoms with Crippen molar-refractivity contribution in [3.8, 4) is 11.5 Å². The second-order valence-electron chi connectivity index (χ2n) is 5.18. The first-order valence-electron chi connectivity index (χ1n) is 7.39. The van der Waals surface area contributed by atoms with E-state index in [2.05, 4.69) is 15.3 Å². The van der Waals surface area contributed by atoms with Crippen LogP contribution in [0.2, 0.25) is 0 Å². The van der Waals surface area contributed by atoms with Gasteiger partial charge in [0, 0.05) is 12.1 Å². The average molecular weight is 309 g/mol. The molecule has 0 atom stereocenters. The Bertz CT molecular complexity index is 834. The number of hydrogen-bond acceptors (Lipinski definition) is 5. The highest BCUT2D eigenvalue weighted by Gasteiger charge is 2.08. The van der Waals surface area contributed by atoms with Crippen molar-refractivity contribution >= 4 is 16.9 Å². The van der Waals surface area contributed by atoms with Gasteiger partial charge in [0.2, 0.25) is 0 Å². The highest BCUT2D eigenvalue weighted by Crippen LogP contribution is 2.25. The van der Waals surface area contributed by atoms with Crippen LogP contribution in [-0.4, -0.2) is 24.2 Å². The van der Waals surface area contributed by atoms with E-state index < -0.39 is 0 Å². The van der Waals surface area contributed by atoms with Crippen LogP contribution in [0.5, 0.6) is 11.5 Å². The van der Waals surface area contributed by atoms with Crippen molar-refractivity contribution < 1.29 is 9.47 Å². The molecule has 0 aliphatic heterocycles. The number of aryl methyl sites for hydroxylation is 1. The minimum Gasteiger partial charge on any atom is -0.497 e. The number of para-hydroxylation sites is 2. The van der Waals surface area contributed by atoms with Crippen LogP contribution < -0.4 is 14.8 Å². The zero-order valence-corrected chi connectivity index (χ0v) is 13.5. The van der Waals surface area contributed by atoms with Gasteiger partial charge in [-0.2, -0.15) is 0 Å². The smallest absolute Gasteiger partial charge is 0.148 e. The van der Waals surface area contributed by atoms with E-state index in [4.69, 9.17) is 9.47 Å². The molecule has 0 amide bonds. The molecule has 0 saturated heterocycles. The van der Waals surface area contributed by atoms with Gasteiger partial charge in [0.05, 0.1) is 30.9 Å². The quantitative estimate of drug-likeness (QED) is 0.781. The lowest BCUT2D eigenvalue weighted by atomic mass is 10.2. The molecule has 0 unspecified atom stereocenters. The van der Waals surface area contributed by atoms with Crippen molar-refractivity contribution in [1.82, 2.24) is 9.97 Å². The lowest BCUT2D eigenvalue weighted by Gasteiger charge is -2.13. The van der Waals surface area contributed by atoms with Gasteiger partial charge in [-0.05, 0) is 37.3 Å². The van der Waals surface area contributed by atoms with Crippen LogP contribution in [0.1, 0.15) is 11.3 Å². The van der Waals surface area contributed by atoms with Crippen LogP contribution in [-0.2, 0) is 6.54 Å². The van der Waals surface area contributed by atoms with E-state index in [9.17, 15) is 0 Å². The van der Waals surface area contributed by atoms with Gasteiger partial charge in [0.15, 0.2) is 0 Å². The molecule has 0 aliphatic carbocycles. The lowest BCUT2D eigenvalue weighted by molar-refractivity contribution is 0.399. The van der Waals surface area contributed by atoms with Crippen LogP contribution >= 0.6 is 0 Å². The second-order valence-corrected chi connectivity index (χ2v) is 5.18. The van der Waals surface area contributed by atoms with Gasteiger partial charge in [0.25, 0.3) is 0 Å². The molecule has 5 nitrogen and oxygen atoms in total. The summed E-state index contributed by atoms with van der Waals surface area (Å²) in [7, 11) is 3.31. The molecule has 118 valence electrons. The number of fused-ring (bicyclic) bond motifs is 1. The van der Waals surface area contributed by atoms with Crippen molar-refractivity contribution in [1.29, 1.82) is 0 Å². The molecule has 1 aromatic heterocycles. The van der Waals surface area contributed by atoms with E-state index in [0.29, 0.717) is 6.54 Å². The van der Waals surface area contributed by atoms with Crippen LogP contribution in [0.15, 0.2) is 42.5 Å². The van der Waals surface area contributed by atoms with Crippen molar-refractivity contribution in [3.63, 3.8) is 0 Å². The first-order valence-corrected chi connectivity index (χ1v) is 7.39. The number of aromatic nitrogens is 2. The number of methoxy groups -OCH3 is 2. The van der Waals surface area contributed by atoms with Gasteiger partial charge in [0.1, 0.15) is 17.3 Å². The van der Waals surface area contributed by atoms with Crippen molar-refractivity contribution in [2.75, 3.05) is 19.5 Å². The number of hydrogen-bond donors (Lipinski definition) is 1. The van der Waals surface area contributed by atoms with E-state index in [1.165, 1.54) is 0 Å². The molecular weight excluding hydrogens is 290 g/mol. The third kappa shape index (κ3) is 3.18. The first kappa shape index (κ1) is 15.1. The van der Waals surface area contributed by atoms with Gasteiger partial charge in [-0.25, -0.2) is 9.97 Å². The first-order chi connectivity index (χ1) is 11.2. The number of nitrogens with zero attached hydrogens (tertiary/aromatic N) is 2. The van der Waals surface area contributed by atoms with E-state index >= 15 is 0 Å². The molecule has 0 saturated carbocycles. The zero-order chi connectivity index (χ0) is 16.2. The zero-order valence-electron chi connectivity index (χ0n) is 13.5. The Kier molecular flexibility index (Phi) is 4.28. The van der Waals surface area contributed by atoms with E-state index in [1.807, 2.05) is 49.4 Å². The Hall–Kier alpha value is -2.82. The van der Waals surface area contributed by atoms with E-state index in [1.54, 1.807) is 14.2 Å². The third-order valence-electron chi connectivity index (χ3n) is 3.68. The molecular formula is C18H19N3O2. The van der Waals surface area contributed by atoms with Gasteiger partial charge in [-0.1, -0.05) is 12.1 Å². The van der Waals surface area contributed by atoms with Gasteiger partial charge in [-0.15, -0.1) is 0 Å². The fourth-order valence-electron chi connectivity index (χ4n) is 2.45. The van der Waals surface area contributed by atoms with Crippen LogP contribution in [0.3, 0.4) is 0 Å². The number of nitrogens with one attached hydrogen (secondary N) is 1. The van der Waals surface area contributed by atoms with Crippen molar-refractivity contribution in [2.45, 2.75) is 13.5 Å². The molecule has 1 N–H and O–H groups in total. The highest BCUT2D eigenvalue weighted by atomic mass is 16.5.